The smallest absolute Gasteiger partial charge is 0.416 e. The predicted molar refractivity (Wildman–Crippen MR) is 99.1 cm³/mol. The highest BCUT2D eigenvalue weighted by Crippen LogP contribution is 2.31. The molecule has 0 spiro atoms. The summed E-state index contributed by atoms with van der Waals surface area (Å²) in [6, 6.07) is 12.0. The van der Waals surface area contributed by atoms with E-state index in [1.165, 1.54) is 24.9 Å². The predicted octanol–water partition coefficient (Wildman–Crippen LogP) is 4.46. The van der Waals surface area contributed by atoms with Crippen LogP contribution in [0.5, 0.6) is 5.75 Å². The third-order valence-electron chi connectivity index (χ3n) is 3.99. The van der Waals surface area contributed by atoms with E-state index in [1.54, 1.807) is 35.2 Å². The van der Waals surface area contributed by atoms with Crippen molar-refractivity contribution in [3.8, 4) is 5.75 Å². The first-order chi connectivity index (χ1) is 12.9. The molecule has 4 nitrogen and oxygen atoms in total. The number of carbonyl (C=O) groups excluding carboxylic acids is 1. The van der Waals surface area contributed by atoms with Crippen LogP contribution in [0.3, 0.4) is 0 Å². The van der Waals surface area contributed by atoms with E-state index in [1.807, 2.05) is 0 Å². The minimum absolute atomic E-state index is 0.207. The number of alkyl halides is 3. The summed E-state index contributed by atoms with van der Waals surface area (Å²) in [4.78, 5) is 18.6. The van der Waals surface area contributed by atoms with E-state index in [4.69, 9.17) is 4.74 Å². The minimum Gasteiger partial charge on any atom is -0.497 e. The summed E-state index contributed by atoms with van der Waals surface area (Å²) in [5.41, 5.74) is 0.320. The van der Waals surface area contributed by atoms with E-state index in [-0.39, 0.29) is 5.91 Å². The highest BCUT2D eigenvalue weighted by molar-refractivity contribution is 8.13. The molecule has 1 amide bonds. The third kappa shape index (κ3) is 4.63. The molecule has 0 radical (unpaired) electrons. The summed E-state index contributed by atoms with van der Waals surface area (Å²) < 4.78 is 43.6. The van der Waals surface area contributed by atoms with Crippen molar-refractivity contribution in [2.75, 3.05) is 20.2 Å². The van der Waals surface area contributed by atoms with E-state index in [0.717, 1.165) is 12.1 Å². The Hall–Kier alpha value is -2.48. The van der Waals surface area contributed by atoms with Gasteiger partial charge in [-0.25, -0.2) is 0 Å². The molecule has 3 rings (SSSR count). The lowest BCUT2D eigenvalue weighted by molar-refractivity contribution is -0.137. The molecule has 0 aliphatic carbocycles. The quantitative estimate of drug-likeness (QED) is 0.769. The summed E-state index contributed by atoms with van der Waals surface area (Å²) in [7, 11) is 1.53. The number of halogens is 3. The number of amidine groups is 1. The Balaban J connectivity index is 1.69. The van der Waals surface area contributed by atoms with Crippen LogP contribution >= 0.6 is 11.8 Å². The molecule has 2 aromatic carbocycles. The number of aliphatic imine (C=N–C) groups is 1. The van der Waals surface area contributed by atoms with Crippen LogP contribution in [0, 0.1) is 0 Å². The Morgan fingerprint density at radius 3 is 2.74 bits per heavy atom. The summed E-state index contributed by atoms with van der Waals surface area (Å²) in [5.74, 6) is 0.668. The van der Waals surface area contributed by atoms with Crippen LogP contribution < -0.4 is 4.74 Å². The maximum Gasteiger partial charge on any atom is 0.416 e. The van der Waals surface area contributed by atoms with Gasteiger partial charge in [-0.05, 0) is 29.8 Å². The molecule has 2 aromatic rings. The Bertz CT molecular complexity index is 868. The molecule has 142 valence electrons. The largest absolute Gasteiger partial charge is 0.497 e. The minimum atomic E-state index is -4.38. The van der Waals surface area contributed by atoms with E-state index in [0.29, 0.717) is 40.9 Å². The van der Waals surface area contributed by atoms with Crippen molar-refractivity contribution >= 4 is 22.8 Å². The maximum atomic E-state index is 12.8. The van der Waals surface area contributed by atoms with Crippen LogP contribution in [0.4, 0.5) is 13.2 Å². The number of carbonyl (C=O) groups is 1. The van der Waals surface area contributed by atoms with Gasteiger partial charge in [0.05, 0.1) is 19.2 Å². The van der Waals surface area contributed by atoms with Crippen molar-refractivity contribution in [3.63, 3.8) is 0 Å². The average molecular weight is 394 g/mol. The summed E-state index contributed by atoms with van der Waals surface area (Å²) >= 11 is 1.25. The molecule has 0 saturated carbocycles. The highest BCUT2D eigenvalue weighted by Gasteiger charge is 2.30. The first kappa shape index (κ1) is 19.3. The van der Waals surface area contributed by atoms with Gasteiger partial charge in [0.1, 0.15) is 5.75 Å². The second-order valence-corrected chi connectivity index (χ2v) is 6.78. The molecule has 0 atom stereocenters. The first-order valence-electron chi connectivity index (χ1n) is 8.18. The summed E-state index contributed by atoms with van der Waals surface area (Å²) in [6.07, 6.45) is -4.38. The monoisotopic (exact) mass is 394 g/mol. The van der Waals surface area contributed by atoms with Crippen molar-refractivity contribution in [2.45, 2.75) is 11.9 Å². The number of nitrogens with zero attached hydrogens (tertiary/aromatic N) is 2. The fraction of sp³-hybridized carbons (Fsp3) is 0.263. The molecule has 0 bridgehead atoms. The van der Waals surface area contributed by atoms with Gasteiger partial charge in [-0.3, -0.25) is 14.7 Å². The number of amides is 1. The zero-order valence-electron chi connectivity index (χ0n) is 14.5. The lowest BCUT2D eigenvalue weighted by Gasteiger charge is -2.18. The third-order valence-corrected chi connectivity index (χ3v) is 5.07. The lowest BCUT2D eigenvalue weighted by atomic mass is 10.1. The second-order valence-electron chi connectivity index (χ2n) is 5.84. The van der Waals surface area contributed by atoms with Crippen molar-refractivity contribution in [2.24, 2.45) is 4.99 Å². The zero-order chi connectivity index (χ0) is 19.4. The molecule has 1 aliphatic rings. The topological polar surface area (TPSA) is 41.9 Å². The lowest BCUT2D eigenvalue weighted by Crippen LogP contribution is -2.32. The fourth-order valence-electron chi connectivity index (χ4n) is 2.64. The number of ether oxygens (including phenoxy) is 1. The number of rotatable bonds is 4. The normalized spacial score (nSPS) is 14.2. The first-order valence-corrected chi connectivity index (χ1v) is 9.16. The van der Waals surface area contributed by atoms with Crippen LogP contribution in [0.15, 0.2) is 53.5 Å². The Morgan fingerprint density at radius 2 is 2.00 bits per heavy atom. The molecule has 8 heteroatoms. The van der Waals surface area contributed by atoms with Gasteiger partial charge < -0.3 is 4.74 Å². The fourth-order valence-corrected chi connectivity index (χ4v) is 3.62. The molecule has 1 heterocycles. The van der Waals surface area contributed by atoms with Crippen molar-refractivity contribution in [3.05, 3.63) is 65.2 Å². The summed E-state index contributed by atoms with van der Waals surface area (Å²) in [5, 5.41) is 0.514. The van der Waals surface area contributed by atoms with Gasteiger partial charge in [-0.2, -0.15) is 13.2 Å². The standard InChI is InChI=1S/C19H17F3N2O2S/c1-26-16-7-3-5-14(11-16)17(25)24-9-8-23-18(24)27-12-13-4-2-6-15(10-13)19(20,21)22/h2-7,10-11H,8-9,12H2,1H3. The van der Waals surface area contributed by atoms with Gasteiger partial charge in [-0.1, -0.05) is 36.0 Å². The van der Waals surface area contributed by atoms with E-state index in [2.05, 4.69) is 4.99 Å². The number of benzene rings is 2. The maximum absolute atomic E-state index is 12.8. The van der Waals surface area contributed by atoms with Crippen LogP contribution in [0.2, 0.25) is 0 Å². The number of hydrogen-bond donors (Lipinski definition) is 0. The zero-order valence-corrected chi connectivity index (χ0v) is 15.3. The van der Waals surface area contributed by atoms with Crippen molar-refractivity contribution < 1.29 is 22.7 Å². The molecule has 0 fully saturated rings. The molecular weight excluding hydrogens is 377 g/mol. The van der Waals surface area contributed by atoms with E-state index >= 15 is 0 Å². The van der Waals surface area contributed by atoms with Crippen LogP contribution in [-0.4, -0.2) is 36.2 Å². The molecule has 1 aliphatic heterocycles. The van der Waals surface area contributed by atoms with Crippen LogP contribution in [0.1, 0.15) is 21.5 Å². The molecular formula is C19H17F3N2O2S. The van der Waals surface area contributed by atoms with Gasteiger partial charge in [0.15, 0.2) is 5.17 Å². The number of hydrogen-bond acceptors (Lipinski definition) is 4. The Labute approximate surface area is 159 Å². The molecule has 0 unspecified atom stereocenters. The Kier molecular flexibility index (Phi) is 5.74. The van der Waals surface area contributed by atoms with Gasteiger partial charge in [0.25, 0.3) is 5.91 Å². The summed E-state index contributed by atoms with van der Waals surface area (Å²) in [6.45, 7) is 0.918. The van der Waals surface area contributed by atoms with Crippen molar-refractivity contribution in [1.29, 1.82) is 0 Å². The highest BCUT2D eigenvalue weighted by atomic mass is 32.2. The van der Waals surface area contributed by atoms with Gasteiger partial charge in [-0.15, -0.1) is 0 Å². The van der Waals surface area contributed by atoms with Gasteiger partial charge in [0, 0.05) is 17.9 Å². The molecule has 0 saturated heterocycles. The van der Waals surface area contributed by atoms with Gasteiger partial charge >= 0.3 is 6.18 Å². The average Bonchev–Trinajstić information content (AvgIpc) is 3.14. The van der Waals surface area contributed by atoms with E-state index < -0.39 is 11.7 Å². The molecule has 27 heavy (non-hydrogen) atoms. The second kappa shape index (κ2) is 8.04. The SMILES string of the molecule is COc1cccc(C(=O)N2CCN=C2SCc2cccc(C(F)(F)F)c2)c1. The van der Waals surface area contributed by atoms with Crippen molar-refractivity contribution in [1.82, 2.24) is 4.90 Å². The van der Waals surface area contributed by atoms with E-state index in [9.17, 15) is 18.0 Å². The van der Waals surface area contributed by atoms with Crippen LogP contribution in [-0.2, 0) is 11.9 Å². The molecule has 0 aromatic heterocycles. The number of thioether (sulfide) groups is 1. The van der Waals surface area contributed by atoms with Crippen LogP contribution in [0.25, 0.3) is 0 Å². The Morgan fingerprint density at radius 1 is 1.22 bits per heavy atom. The number of methoxy groups -OCH3 is 1. The van der Waals surface area contributed by atoms with Gasteiger partial charge in [0.2, 0.25) is 0 Å². The molecule has 0 N–H and O–H groups in total.